The van der Waals surface area contributed by atoms with E-state index in [1.165, 1.54) is 0 Å². The van der Waals surface area contributed by atoms with Crippen molar-refractivity contribution >= 4 is 23.5 Å². The van der Waals surface area contributed by atoms with Gasteiger partial charge in [-0.25, -0.2) is 4.79 Å². The summed E-state index contributed by atoms with van der Waals surface area (Å²) in [7, 11) is 0. The normalized spacial score (nSPS) is 20.1. The van der Waals surface area contributed by atoms with Crippen molar-refractivity contribution in [2.75, 3.05) is 44.6 Å². The van der Waals surface area contributed by atoms with Gasteiger partial charge in [0, 0.05) is 50.4 Å². The Morgan fingerprint density at radius 1 is 0.967 bits per heavy atom. The lowest BCUT2D eigenvalue weighted by Crippen LogP contribution is -2.55. The minimum Gasteiger partial charge on any atom is -0.341 e. The first-order valence-corrected chi connectivity index (χ1v) is 10.9. The van der Waals surface area contributed by atoms with Crippen LogP contribution in [0.15, 0.2) is 24.3 Å². The van der Waals surface area contributed by atoms with Crippen molar-refractivity contribution < 1.29 is 14.4 Å². The summed E-state index contributed by atoms with van der Waals surface area (Å²) in [5.41, 5.74) is 1.44. The van der Waals surface area contributed by atoms with Crippen molar-refractivity contribution in [3.8, 4) is 0 Å². The van der Waals surface area contributed by atoms with Gasteiger partial charge in [0.05, 0.1) is 5.92 Å². The summed E-state index contributed by atoms with van der Waals surface area (Å²) < 4.78 is 0. The first-order chi connectivity index (χ1) is 14.1. The van der Waals surface area contributed by atoms with Gasteiger partial charge in [0.2, 0.25) is 11.8 Å². The number of carbonyl (C=O) groups excluding carboxylic acids is 3. The summed E-state index contributed by atoms with van der Waals surface area (Å²) in [6, 6.07) is 7.58. The first-order valence-electron chi connectivity index (χ1n) is 10.9. The molecule has 0 saturated carbocycles. The topological polar surface area (TPSA) is 73.0 Å². The highest BCUT2D eigenvalue weighted by Gasteiger charge is 2.36. The lowest BCUT2D eigenvalue weighted by Gasteiger charge is -2.40. The molecule has 2 aliphatic heterocycles. The van der Waals surface area contributed by atoms with E-state index >= 15 is 0 Å². The molecule has 7 nitrogen and oxygen atoms in total. The number of piperidine rings is 1. The van der Waals surface area contributed by atoms with Crippen molar-refractivity contribution in [3.63, 3.8) is 0 Å². The highest BCUT2D eigenvalue weighted by molar-refractivity contribution is 5.89. The molecule has 0 spiro atoms. The Labute approximate surface area is 179 Å². The van der Waals surface area contributed by atoms with E-state index in [4.69, 9.17) is 0 Å². The zero-order valence-corrected chi connectivity index (χ0v) is 18.6. The Morgan fingerprint density at radius 3 is 2.27 bits per heavy atom. The van der Waals surface area contributed by atoms with Crippen LogP contribution in [-0.4, -0.2) is 71.8 Å². The molecule has 1 N–H and O–H groups in total. The monoisotopic (exact) mass is 414 g/mol. The van der Waals surface area contributed by atoms with Crippen LogP contribution in [0.1, 0.15) is 39.2 Å². The Kier molecular flexibility index (Phi) is 6.68. The van der Waals surface area contributed by atoms with Gasteiger partial charge in [-0.05, 0) is 37.5 Å². The van der Waals surface area contributed by atoms with E-state index in [1.807, 2.05) is 61.8 Å². The van der Waals surface area contributed by atoms with Crippen molar-refractivity contribution in [2.24, 2.45) is 11.3 Å². The summed E-state index contributed by atoms with van der Waals surface area (Å²) >= 11 is 0. The molecular weight excluding hydrogens is 380 g/mol. The summed E-state index contributed by atoms with van der Waals surface area (Å²) in [5, 5.41) is 2.93. The molecule has 30 heavy (non-hydrogen) atoms. The third-order valence-corrected chi connectivity index (χ3v) is 5.85. The van der Waals surface area contributed by atoms with Crippen LogP contribution in [-0.2, 0) is 9.59 Å². The van der Waals surface area contributed by atoms with Gasteiger partial charge in [-0.1, -0.05) is 32.9 Å². The van der Waals surface area contributed by atoms with E-state index < -0.39 is 5.41 Å². The van der Waals surface area contributed by atoms with E-state index in [-0.39, 0.29) is 23.8 Å². The third-order valence-electron chi connectivity index (χ3n) is 5.85. The van der Waals surface area contributed by atoms with Gasteiger partial charge in [-0.3, -0.25) is 9.59 Å². The van der Waals surface area contributed by atoms with Gasteiger partial charge in [0.1, 0.15) is 0 Å². The van der Waals surface area contributed by atoms with Crippen LogP contribution >= 0.6 is 0 Å². The van der Waals surface area contributed by atoms with Gasteiger partial charge in [0.25, 0.3) is 0 Å². The highest BCUT2D eigenvalue weighted by atomic mass is 16.2. The fourth-order valence-electron chi connectivity index (χ4n) is 4.15. The van der Waals surface area contributed by atoms with Crippen molar-refractivity contribution in [1.82, 2.24) is 14.7 Å². The summed E-state index contributed by atoms with van der Waals surface area (Å²) in [6.07, 6.45) is 1.68. The zero-order chi connectivity index (χ0) is 21.9. The van der Waals surface area contributed by atoms with Crippen molar-refractivity contribution in [2.45, 2.75) is 40.5 Å². The zero-order valence-electron chi connectivity index (χ0n) is 18.6. The molecule has 4 amide bonds. The van der Waals surface area contributed by atoms with E-state index in [2.05, 4.69) is 5.32 Å². The molecule has 0 aliphatic carbocycles. The first kappa shape index (κ1) is 22.1. The molecule has 164 valence electrons. The number of anilines is 1. The van der Waals surface area contributed by atoms with E-state index in [9.17, 15) is 14.4 Å². The molecule has 2 aliphatic rings. The lowest BCUT2D eigenvalue weighted by atomic mass is 9.90. The Morgan fingerprint density at radius 2 is 1.63 bits per heavy atom. The number of nitrogens with one attached hydrogen (secondary N) is 1. The molecule has 3 rings (SSSR count). The molecule has 2 saturated heterocycles. The van der Waals surface area contributed by atoms with Gasteiger partial charge in [0.15, 0.2) is 0 Å². The van der Waals surface area contributed by atoms with Crippen molar-refractivity contribution in [1.29, 1.82) is 0 Å². The van der Waals surface area contributed by atoms with Crippen LogP contribution < -0.4 is 5.32 Å². The number of piperazine rings is 1. The fraction of sp³-hybridized carbons (Fsp3) is 0.609. The number of hydrogen-bond acceptors (Lipinski definition) is 3. The SMILES string of the molecule is Cc1cccc(NC(=O)N2CCN(C(=O)C3CCCN(C(=O)C(C)(C)C)C3)CC2)c1. The number of urea groups is 1. The molecule has 1 atom stereocenters. The van der Waals surface area contributed by atoms with E-state index in [0.29, 0.717) is 32.7 Å². The molecule has 1 aromatic rings. The van der Waals surface area contributed by atoms with Gasteiger partial charge in [-0.2, -0.15) is 0 Å². The fourth-order valence-corrected chi connectivity index (χ4v) is 4.15. The molecule has 0 radical (unpaired) electrons. The molecule has 2 heterocycles. The van der Waals surface area contributed by atoms with Crippen molar-refractivity contribution in [3.05, 3.63) is 29.8 Å². The predicted molar refractivity (Wildman–Crippen MR) is 117 cm³/mol. The molecular formula is C23H34N4O3. The summed E-state index contributed by atoms with van der Waals surface area (Å²) in [5.74, 6) is 0.0792. The Hall–Kier alpha value is -2.57. The second-order valence-corrected chi connectivity index (χ2v) is 9.45. The maximum Gasteiger partial charge on any atom is 0.321 e. The van der Waals surface area contributed by atoms with Crippen LogP contribution in [0.4, 0.5) is 10.5 Å². The van der Waals surface area contributed by atoms with Crippen LogP contribution in [0.5, 0.6) is 0 Å². The molecule has 1 unspecified atom stereocenters. The summed E-state index contributed by atoms with van der Waals surface area (Å²) in [4.78, 5) is 43.6. The quantitative estimate of drug-likeness (QED) is 0.809. The maximum absolute atomic E-state index is 13.0. The van der Waals surface area contributed by atoms with Crippen LogP contribution in [0, 0.1) is 18.3 Å². The molecule has 1 aromatic carbocycles. The van der Waals surface area contributed by atoms with Gasteiger partial charge >= 0.3 is 6.03 Å². The molecule has 0 aromatic heterocycles. The van der Waals surface area contributed by atoms with Crippen LogP contribution in [0.25, 0.3) is 0 Å². The molecule has 2 fully saturated rings. The second-order valence-electron chi connectivity index (χ2n) is 9.45. The number of likely N-dealkylation sites (tertiary alicyclic amines) is 1. The number of benzene rings is 1. The smallest absolute Gasteiger partial charge is 0.321 e. The average molecular weight is 415 g/mol. The highest BCUT2D eigenvalue weighted by Crippen LogP contribution is 2.25. The molecule has 0 bridgehead atoms. The predicted octanol–water partition coefficient (Wildman–Crippen LogP) is 2.96. The Bertz CT molecular complexity index is 794. The summed E-state index contributed by atoms with van der Waals surface area (Å²) in [6.45, 7) is 11.1. The van der Waals surface area contributed by atoms with Gasteiger partial charge in [-0.15, -0.1) is 0 Å². The minimum atomic E-state index is -0.429. The number of amides is 4. The number of hydrogen-bond donors (Lipinski definition) is 1. The minimum absolute atomic E-state index is 0.109. The largest absolute Gasteiger partial charge is 0.341 e. The third kappa shape index (κ3) is 5.32. The number of carbonyl (C=O) groups is 3. The standard InChI is InChI=1S/C23H34N4O3/c1-17-7-5-9-19(15-17)24-22(30)26-13-11-25(12-14-26)20(28)18-8-6-10-27(16-18)21(29)23(2,3)4/h5,7,9,15,18H,6,8,10-14,16H2,1-4H3,(H,24,30). The average Bonchev–Trinajstić information content (AvgIpc) is 2.72. The number of rotatable bonds is 2. The Balaban J connectivity index is 1.51. The number of aryl methyl sites for hydroxylation is 1. The van der Waals surface area contributed by atoms with Crippen LogP contribution in [0.2, 0.25) is 0 Å². The van der Waals surface area contributed by atoms with E-state index in [1.54, 1.807) is 4.90 Å². The molecule has 7 heteroatoms. The van der Waals surface area contributed by atoms with Crippen LogP contribution in [0.3, 0.4) is 0 Å². The van der Waals surface area contributed by atoms with Gasteiger partial charge < -0.3 is 20.0 Å². The maximum atomic E-state index is 13.0. The number of nitrogens with zero attached hydrogens (tertiary/aromatic N) is 3. The van der Waals surface area contributed by atoms with E-state index in [0.717, 1.165) is 30.6 Å². The second kappa shape index (κ2) is 9.06. The lowest BCUT2D eigenvalue weighted by molar-refractivity contribution is -0.145.